The minimum absolute atomic E-state index is 0.0129. The van der Waals surface area contributed by atoms with E-state index < -0.39 is 34.6 Å². The number of aromatic amines is 1. The third-order valence-corrected chi connectivity index (χ3v) is 8.85. The summed E-state index contributed by atoms with van der Waals surface area (Å²) in [6, 6.07) is 3.00. The number of pyridine rings is 1. The molecule has 2 atom stereocenters. The maximum absolute atomic E-state index is 15.9. The summed E-state index contributed by atoms with van der Waals surface area (Å²) in [7, 11) is 1.97. The van der Waals surface area contributed by atoms with Gasteiger partial charge in [0.05, 0.1) is 22.5 Å². The molecule has 2 N–H and O–H groups in total. The highest BCUT2D eigenvalue weighted by Crippen LogP contribution is 2.37. The second-order valence-electron chi connectivity index (χ2n) is 12.0. The molecular weight excluding hydrogens is 636 g/mol. The number of nitrogens with one attached hydrogen (secondary N) is 2. The molecule has 2 amide bonds. The number of alkyl halides is 3. The molecule has 2 aliphatic rings. The highest BCUT2D eigenvalue weighted by Gasteiger charge is 2.36. The van der Waals surface area contributed by atoms with Crippen molar-refractivity contribution < 1.29 is 31.9 Å². The number of rotatable bonds is 8. The summed E-state index contributed by atoms with van der Waals surface area (Å²) in [6.45, 7) is 6.67. The van der Waals surface area contributed by atoms with Crippen molar-refractivity contribution in [2.45, 2.75) is 44.9 Å². The summed E-state index contributed by atoms with van der Waals surface area (Å²) < 4.78 is 57.2. The molecule has 1 aromatic carbocycles. The van der Waals surface area contributed by atoms with Gasteiger partial charge in [-0.1, -0.05) is 0 Å². The number of carbonyl (C=O) groups is 3. The molecule has 2 aromatic heterocycles. The molecule has 2 aliphatic heterocycles. The number of amides is 2. The molecule has 16 heteroatoms. The molecule has 12 nitrogen and oxygen atoms in total. The lowest BCUT2D eigenvalue weighted by Gasteiger charge is -2.44. The monoisotopic (exact) mass is 672 g/mol. The molecule has 3 aromatic rings. The van der Waals surface area contributed by atoms with E-state index in [1.165, 1.54) is 24.5 Å². The highest BCUT2D eigenvalue weighted by molar-refractivity contribution is 6.07. The summed E-state index contributed by atoms with van der Waals surface area (Å²) in [4.78, 5) is 66.4. The Morgan fingerprint density at radius 1 is 1.02 bits per heavy atom. The van der Waals surface area contributed by atoms with Crippen LogP contribution in [0.1, 0.15) is 42.6 Å². The van der Waals surface area contributed by atoms with E-state index in [0.29, 0.717) is 63.8 Å². The molecular formula is C32H36F4N8O4. The van der Waals surface area contributed by atoms with Gasteiger partial charge in [-0.05, 0) is 33.0 Å². The molecule has 0 bridgehead atoms. The van der Waals surface area contributed by atoms with Gasteiger partial charge >= 0.3 is 6.18 Å². The summed E-state index contributed by atoms with van der Waals surface area (Å²) in [5.74, 6) is -1.53. The summed E-state index contributed by atoms with van der Waals surface area (Å²) in [5.41, 5.74) is -2.58. The lowest BCUT2D eigenvalue weighted by atomic mass is 10.0. The zero-order valence-electron chi connectivity index (χ0n) is 26.7. The van der Waals surface area contributed by atoms with E-state index in [0.717, 1.165) is 0 Å². The van der Waals surface area contributed by atoms with Crippen LogP contribution in [0.2, 0.25) is 0 Å². The van der Waals surface area contributed by atoms with Crippen LogP contribution in [0.5, 0.6) is 0 Å². The maximum atomic E-state index is 15.9. The molecule has 2 fully saturated rings. The number of piperazine rings is 2. The van der Waals surface area contributed by atoms with E-state index in [-0.39, 0.29) is 53.3 Å². The predicted molar refractivity (Wildman–Crippen MR) is 170 cm³/mol. The number of carbonyl (C=O) groups excluding carboxylic acids is 3. The lowest BCUT2D eigenvalue weighted by Crippen LogP contribution is -2.55. The van der Waals surface area contributed by atoms with Crippen molar-refractivity contribution in [3.63, 3.8) is 0 Å². The summed E-state index contributed by atoms with van der Waals surface area (Å²) in [6.07, 6.45) is -0.408. The Balaban J connectivity index is 1.45. The Kier molecular flexibility index (Phi) is 10.1. The highest BCUT2D eigenvalue weighted by atomic mass is 19.4. The minimum Gasteiger partial charge on any atom is -0.367 e. The summed E-state index contributed by atoms with van der Waals surface area (Å²) >= 11 is 0. The van der Waals surface area contributed by atoms with Gasteiger partial charge in [0.15, 0.2) is 0 Å². The number of benzene rings is 1. The van der Waals surface area contributed by atoms with Crippen LogP contribution in [0.4, 0.5) is 34.9 Å². The topological polar surface area (TPSA) is 135 Å². The molecule has 0 aliphatic carbocycles. The van der Waals surface area contributed by atoms with Gasteiger partial charge in [0, 0.05) is 100.0 Å². The first-order chi connectivity index (χ1) is 22.8. The molecule has 4 heterocycles. The number of hydrogen-bond donors (Lipinski definition) is 2. The maximum Gasteiger partial charge on any atom is 0.417 e. The fourth-order valence-corrected chi connectivity index (χ4v) is 5.95. The second-order valence-corrected chi connectivity index (χ2v) is 12.0. The molecule has 0 spiro atoms. The number of nitrogens with zero attached hydrogens (tertiary/aromatic N) is 6. The fourth-order valence-electron chi connectivity index (χ4n) is 5.95. The van der Waals surface area contributed by atoms with E-state index in [2.05, 4.69) is 25.2 Å². The number of aldehydes is 1. The van der Waals surface area contributed by atoms with Gasteiger partial charge in [0.2, 0.25) is 17.4 Å². The zero-order chi connectivity index (χ0) is 34.7. The molecule has 0 radical (unpaired) electrons. The number of aromatic nitrogens is 3. The van der Waals surface area contributed by atoms with E-state index in [4.69, 9.17) is 0 Å². The number of anilines is 3. The van der Waals surface area contributed by atoms with Crippen LogP contribution in [-0.4, -0.2) is 101 Å². The fraction of sp³-hybridized carbons (Fsp3) is 0.438. The largest absolute Gasteiger partial charge is 0.417 e. The Labute approximate surface area is 273 Å². The summed E-state index contributed by atoms with van der Waals surface area (Å²) in [5, 5.41) is 2.54. The van der Waals surface area contributed by atoms with Gasteiger partial charge in [-0.3, -0.25) is 19.3 Å². The van der Waals surface area contributed by atoms with Crippen molar-refractivity contribution in [3.05, 3.63) is 64.1 Å². The van der Waals surface area contributed by atoms with Crippen LogP contribution in [0, 0.1) is 5.82 Å². The number of H-pyrrole nitrogens is 1. The molecule has 0 saturated carbocycles. The minimum atomic E-state index is -4.97. The van der Waals surface area contributed by atoms with Crippen LogP contribution in [0.3, 0.4) is 0 Å². The SMILES string of the molecule is C[C@@H]1CN(c2cc(F)c(-c3cnc(N4CCN(C(=O)CCC=O)CC4)nc3)cc2NC(=O)c2c[nH]c(=O)cc2C(F)(F)F)C[C@H](C)N1C. The third-order valence-electron chi connectivity index (χ3n) is 8.85. The smallest absolute Gasteiger partial charge is 0.367 e. The Hall–Kier alpha value is -4.86. The Bertz CT molecular complexity index is 1710. The van der Waals surface area contributed by atoms with Gasteiger partial charge in [0.1, 0.15) is 12.1 Å². The van der Waals surface area contributed by atoms with Crippen LogP contribution < -0.4 is 20.7 Å². The van der Waals surface area contributed by atoms with Gasteiger partial charge in [-0.25, -0.2) is 14.4 Å². The molecule has 5 rings (SSSR count). The number of likely N-dealkylation sites (N-methyl/N-ethyl adjacent to an activating group) is 1. The number of hydrogen-bond acceptors (Lipinski definition) is 9. The predicted octanol–water partition coefficient (Wildman–Crippen LogP) is 3.40. The van der Waals surface area contributed by atoms with Gasteiger partial charge in [0.25, 0.3) is 5.91 Å². The first kappa shape index (κ1) is 34.5. The van der Waals surface area contributed by atoms with Crippen molar-refractivity contribution in [1.29, 1.82) is 0 Å². The second kappa shape index (κ2) is 14.1. The van der Waals surface area contributed by atoms with Crippen LogP contribution >= 0.6 is 0 Å². The van der Waals surface area contributed by atoms with E-state index in [1.54, 1.807) is 4.90 Å². The van der Waals surface area contributed by atoms with Crippen molar-refractivity contribution in [1.82, 2.24) is 24.8 Å². The van der Waals surface area contributed by atoms with Gasteiger partial charge < -0.3 is 29.8 Å². The Morgan fingerprint density at radius 2 is 1.67 bits per heavy atom. The number of halogens is 4. The molecule has 0 unspecified atom stereocenters. The van der Waals surface area contributed by atoms with Gasteiger partial charge in [-0.15, -0.1) is 0 Å². The standard InChI is InChI=1S/C32H36F4N8O4/c1-19-17-44(18-20(2)41(19)3)27-13-25(33)22(11-26(27)40-30(48)23-16-37-28(46)12-24(23)32(34,35)36)21-14-38-31(39-15-21)43-8-6-42(7-9-43)29(47)5-4-10-45/h10-16,19-20H,4-9,17-18H2,1-3H3,(H,37,46)(H,40,48)/t19-,20+. The molecule has 48 heavy (non-hydrogen) atoms. The quantitative estimate of drug-likeness (QED) is 0.273. The van der Waals surface area contributed by atoms with Crippen LogP contribution in [0.15, 0.2) is 41.6 Å². The lowest BCUT2D eigenvalue weighted by molar-refractivity contribution is -0.138. The first-order valence-corrected chi connectivity index (χ1v) is 15.5. The van der Waals surface area contributed by atoms with E-state index in [1.807, 2.05) is 30.7 Å². The average Bonchev–Trinajstić information content (AvgIpc) is 3.06. The van der Waals surface area contributed by atoms with Crippen LogP contribution in [-0.2, 0) is 15.8 Å². The van der Waals surface area contributed by atoms with Crippen molar-refractivity contribution in [3.8, 4) is 11.1 Å². The van der Waals surface area contributed by atoms with Crippen LogP contribution in [0.25, 0.3) is 11.1 Å². The Morgan fingerprint density at radius 3 is 2.27 bits per heavy atom. The van der Waals surface area contributed by atoms with Crippen molar-refractivity contribution in [2.75, 3.05) is 61.4 Å². The average molecular weight is 673 g/mol. The van der Waals surface area contributed by atoms with Gasteiger partial charge in [-0.2, -0.15) is 13.2 Å². The van der Waals surface area contributed by atoms with E-state index in [9.17, 15) is 32.3 Å². The third kappa shape index (κ3) is 7.48. The van der Waals surface area contributed by atoms with Crippen molar-refractivity contribution >= 4 is 35.4 Å². The molecule has 256 valence electrons. The normalized spacial score (nSPS) is 18.9. The van der Waals surface area contributed by atoms with E-state index >= 15 is 4.39 Å². The van der Waals surface area contributed by atoms with Crippen molar-refractivity contribution in [2.24, 2.45) is 0 Å². The zero-order valence-corrected chi connectivity index (χ0v) is 26.7. The first-order valence-electron chi connectivity index (χ1n) is 15.5. The molecule has 2 saturated heterocycles.